The lowest BCUT2D eigenvalue weighted by Gasteiger charge is -2.41. The highest BCUT2D eigenvalue weighted by Crippen LogP contribution is 2.38. The van der Waals surface area contributed by atoms with Crippen molar-refractivity contribution in [3.8, 4) is 0 Å². The molecule has 2 rings (SSSR count). The van der Waals surface area contributed by atoms with Crippen molar-refractivity contribution < 1.29 is 0 Å². The zero-order valence-electron chi connectivity index (χ0n) is 13.0. The Bertz CT molecular complexity index is 382. The second kappa shape index (κ2) is 7.19. The average Bonchev–Trinajstić information content (AvgIpc) is 2.49. The Morgan fingerprint density at radius 3 is 2.70 bits per heavy atom. The molecule has 1 heterocycles. The summed E-state index contributed by atoms with van der Waals surface area (Å²) in [7, 11) is 2.22. The molecule has 1 aliphatic rings. The van der Waals surface area contributed by atoms with Gasteiger partial charge in [0.1, 0.15) is 0 Å². The van der Waals surface area contributed by atoms with E-state index in [2.05, 4.69) is 36.0 Å². The minimum absolute atomic E-state index is 0.353. The lowest BCUT2D eigenvalue weighted by Crippen LogP contribution is -2.44. The molecular weight excluding hydrogens is 246 g/mol. The molecule has 0 amide bonds. The lowest BCUT2D eigenvalue weighted by molar-refractivity contribution is 0.109. The van der Waals surface area contributed by atoms with Crippen molar-refractivity contribution in [2.45, 2.75) is 39.0 Å². The van der Waals surface area contributed by atoms with Gasteiger partial charge in [-0.15, -0.1) is 0 Å². The van der Waals surface area contributed by atoms with Crippen LogP contribution in [0.3, 0.4) is 0 Å². The molecule has 0 atom stereocenters. The molecule has 2 N–H and O–H groups in total. The van der Waals surface area contributed by atoms with Gasteiger partial charge in [0.25, 0.3) is 0 Å². The van der Waals surface area contributed by atoms with E-state index in [1.54, 1.807) is 0 Å². The van der Waals surface area contributed by atoms with Crippen molar-refractivity contribution in [1.82, 2.24) is 9.88 Å². The number of hydrogen-bond acceptors (Lipinski definition) is 3. The van der Waals surface area contributed by atoms with Gasteiger partial charge in [-0.2, -0.15) is 0 Å². The molecule has 1 aliphatic carbocycles. The van der Waals surface area contributed by atoms with Crippen molar-refractivity contribution >= 4 is 0 Å². The number of pyridine rings is 1. The summed E-state index contributed by atoms with van der Waals surface area (Å²) in [6.45, 7) is 5.39. The van der Waals surface area contributed by atoms with Gasteiger partial charge in [0.15, 0.2) is 0 Å². The third-order valence-electron chi connectivity index (χ3n) is 4.85. The molecule has 0 radical (unpaired) electrons. The van der Waals surface area contributed by atoms with E-state index in [0.717, 1.165) is 32.0 Å². The summed E-state index contributed by atoms with van der Waals surface area (Å²) in [5.74, 6) is 0.883. The van der Waals surface area contributed by atoms with E-state index in [1.807, 2.05) is 12.3 Å². The molecule has 0 unspecified atom stereocenters. The molecule has 1 aromatic heterocycles. The van der Waals surface area contributed by atoms with Crippen LogP contribution in [0.4, 0.5) is 0 Å². The number of rotatable bonds is 6. The predicted molar refractivity (Wildman–Crippen MR) is 84.6 cm³/mol. The van der Waals surface area contributed by atoms with E-state index in [1.165, 1.54) is 31.4 Å². The molecule has 112 valence electrons. The topological polar surface area (TPSA) is 42.1 Å². The molecule has 0 aromatic carbocycles. The first-order valence-electron chi connectivity index (χ1n) is 7.92. The Morgan fingerprint density at radius 2 is 2.10 bits per heavy atom. The molecule has 1 saturated carbocycles. The molecule has 20 heavy (non-hydrogen) atoms. The van der Waals surface area contributed by atoms with Crippen LogP contribution in [0.5, 0.6) is 0 Å². The van der Waals surface area contributed by atoms with Gasteiger partial charge in [-0.05, 0) is 49.9 Å². The molecule has 0 saturated heterocycles. The first kappa shape index (κ1) is 15.5. The maximum atomic E-state index is 6.10. The number of nitrogens with zero attached hydrogens (tertiary/aromatic N) is 2. The van der Waals surface area contributed by atoms with E-state index >= 15 is 0 Å². The van der Waals surface area contributed by atoms with Crippen LogP contribution in [-0.4, -0.2) is 36.6 Å². The normalized spacial score (nSPS) is 26.9. The van der Waals surface area contributed by atoms with Crippen LogP contribution in [0.1, 0.15) is 38.3 Å². The largest absolute Gasteiger partial charge is 0.330 e. The highest BCUT2D eigenvalue weighted by molar-refractivity contribution is 5.03. The van der Waals surface area contributed by atoms with Gasteiger partial charge < -0.3 is 10.6 Å². The van der Waals surface area contributed by atoms with E-state index < -0.39 is 0 Å². The maximum absolute atomic E-state index is 6.10. The minimum Gasteiger partial charge on any atom is -0.330 e. The van der Waals surface area contributed by atoms with E-state index in [9.17, 15) is 0 Å². The van der Waals surface area contributed by atoms with Crippen molar-refractivity contribution in [3.63, 3.8) is 0 Å². The Labute approximate surface area is 123 Å². The van der Waals surface area contributed by atoms with E-state index in [4.69, 9.17) is 5.73 Å². The summed E-state index contributed by atoms with van der Waals surface area (Å²) in [4.78, 5) is 6.84. The number of nitrogens with two attached hydrogens (primary N) is 1. The van der Waals surface area contributed by atoms with Crippen LogP contribution in [0.25, 0.3) is 0 Å². The summed E-state index contributed by atoms with van der Waals surface area (Å²) >= 11 is 0. The standard InChI is InChI=1S/C17H29N3/c1-15-6-9-17(13-18,10-7-15)14-20(2)12-8-16-5-3-4-11-19-16/h3-5,11,15H,6-10,12-14,18H2,1-2H3. The molecule has 0 aliphatic heterocycles. The monoisotopic (exact) mass is 275 g/mol. The fourth-order valence-electron chi connectivity index (χ4n) is 3.30. The second-order valence-corrected chi connectivity index (χ2v) is 6.70. The number of hydrogen-bond donors (Lipinski definition) is 1. The second-order valence-electron chi connectivity index (χ2n) is 6.70. The van der Waals surface area contributed by atoms with Crippen LogP contribution in [-0.2, 0) is 6.42 Å². The maximum Gasteiger partial charge on any atom is 0.0416 e. The highest BCUT2D eigenvalue weighted by Gasteiger charge is 2.33. The summed E-state index contributed by atoms with van der Waals surface area (Å²) in [6, 6.07) is 6.14. The third kappa shape index (κ3) is 4.29. The van der Waals surface area contributed by atoms with Gasteiger partial charge in [0.05, 0.1) is 0 Å². The molecule has 0 bridgehead atoms. The smallest absolute Gasteiger partial charge is 0.0416 e. The summed E-state index contributed by atoms with van der Waals surface area (Å²) in [6.07, 6.45) is 8.15. The first-order valence-corrected chi connectivity index (χ1v) is 7.92. The average molecular weight is 275 g/mol. The summed E-state index contributed by atoms with van der Waals surface area (Å²) in [5, 5.41) is 0. The predicted octanol–water partition coefficient (Wildman–Crippen LogP) is 2.71. The molecule has 1 aromatic rings. The van der Waals surface area contributed by atoms with Gasteiger partial charge in [-0.25, -0.2) is 0 Å². The molecule has 0 spiro atoms. The van der Waals surface area contributed by atoms with Crippen LogP contribution < -0.4 is 5.73 Å². The van der Waals surface area contributed by atoms with Crippen LogP contribution in [0.15, 0.2) is 24.4 Å². The molecular formula is C17H29N3. The summed E-state index contributed by atoms with van der Waals surface area (Å²) in [5.41, 5.74) is 7.63. The van der Waals surface area contributed by atoms with Gasteiger partial charge in [0, 0.05) is 31.4 Å². The Balaban J connectivity index is 1.82. The SMILES string of the molecule is CC1CCC(CN)(CN(C)CCc2ccccn2)CC1. The van der Waals surface area contributed by atoms with E-state index in [0.29, 0.717) is 5.41 Å². The summed E-state index contributed by atoms with van der Waals surface area (Å²) < 4.78 is 0. The van der Waals surface area contributed by atoms with Crippen LogP contribution in [0, 0.1) is 11.3 Å². The van der Waals surface area contributed by atoms with E-state index in [-0.39, 0.29) is 0 Å². The zero-order chi connectivity index (χ0) is 14.4. The Morgan fingerprint density at radius 1 is 1.35 bits per heavy atom. The van der Waals surface area contributed by atoms with Crippen molar-refractivity contribution in [1.29, 1.82) is 0 Å². The van der Waals surface area contributed by atoms with Gasteiger partial charge in [-0.1, -0.05) is 25.8 Å². The third-order valence-corrected chi connectivity index (χ3v) is 4.85. The van der Waals surface area contributed by atoms with Gasteiger partial charge in [-0.3, -0.25) is 4.98 Å². The molecule has 3 heteroatoms. The Hall–Kier alpha value is -0.930. The zero-order valence-corrected chi connectivity index (χ0v) is 13.0. The first-order chi connectivity index (χ1) is 9.63. The highest BCUT2D eigenvalue weighted by atomic mass is 15.1. The number of aromatic nitrogens is 1. The van der Waals surface area contributed by atoms with Gasteiger partial charge in [0.2, 0.25) is 0 Å². The van der Waals surface area contributed by atoms with Crippen molar-refractivity contribution in [3.05, 3.63) is 30.1 Å². The van der Waals surface area contributed by atoms with Crippen molar-refractivity contribution in [2.24, 2.45) is 17.1 Å². The van der Waals surface area contributed by atoms with Crippen LogP contribution in [0.2, 0.25) is 0 Å². The van der Waals surface area contributed by atoms with Gasteiger partial charge >= 0.3 is 0 Å². The van der Waals surface area contributed by atoms with Crippen molar-refractivity contribution in [2.75, 3.05) is 26.7 Å². The fraction of sp³-hybridized carbons (Fsp3) is 0.706. The van der Waals surface area contributed by atoms with Crippen LogP contribution >= 0.6 is 0 Å². The Kier molecular flexibility index (Phi) is 5.55. The number of likely N-dealkylation sites (N-methyl/N-ethyl adjacent to an activating group) is 1. The molecule has 1 fully saturated rings. The quantitative estimate of drug-likeness (QED) is 0.868. The lowest BCUT2D eigenvalue weighted by atomic mass is 9.70. The molecule has 3 nitrogen and oxygen atoms in total. The minimum atomic E-state index is 0.353. The fourth-order valence-corrected chi connectivity index (χ4v) is 3.30.